The van der Waals surface area contributed by atoms with Gasteiger partial charge in [0.1, 0.15) is 19.3 Å². The Labute approximate surface area is 255 Å². The third-order valence-corrected chi connectivity index (χ3v) is 7.88. The van der Waals surface area contributed by atoms with Crippen molar-refractivity contribution in [2.45, 2.75) is 129 Å². The van der Waals surface area contributed by atoms with Crippen LogP contribution >= 0.6 is 0 Å². The number of nitrogens with one attached hydrogen (secondary N) is 1. The molecule has 0 saturated carbocycles. The van der Waals surface area contributed by atoms with E-state index >= 15 is 0 Å². The highest BCUT2D eigenvalue weighted by atomic mass is 16.6. The number of rotatable bonds is 25. The third-order valence-electron chi connectivity index (χ3n) is 7.88. The van der Waals surface area contributed by atoms with Crippen LogP contribution in [0.5, 0.6) is 0 Å². The average Bonchev–Trinajstić information content (AvgIpc) is 3.52. The monoisotopic (exact) mass is 599 g/mol. The Morgan fingerprint density at radius 1 is 0.714 bits per heavy atom. The van der Waals surface area contributed by atoms with E-state index in [1.54, 1.807) is 0 Å². The fraction of sp³-hybridized carbons (Fsp3) is 0.906. The molecule has 1 unspecified atom stereocenters. The molecule has 0 spiro atoms. The molecule has 1 aliphatic rings. The van der Waals surface area contributed by atoms with Gasteiger partial charge in [-0.15, -0.1) is 0 Å². The summed E-state index contributed by atoms with van der Waals surface area (Å²) >= 11 is 0. The van der Waals surface area contributed by atoms with Crippen molar-refractivity contribution < 1.29 is 33.3 Å². The molecule has 1 rings (SSSR count). The maximum atomic E-state index is 12.5. The third kappa shape index (κ3) is 19.9. The molecule has 10 heteroatoms. The van der Waals surface area contributed by atoms with Gasteiger partial charge in [-0.3, -0.25) is 0 Å². The van der Waals surface area contributed by atoms with Crippen LogP contribution in [0, 0.1) is 0 Å². The van der Waals surface area contributed by atoms with Crippen LogP contribution in [0.2, 0.25) is 0 Å². The highest BCUT2D eigenvalue weighted by Crippen LogP contribution is 2.14. The van der Waals surface area contributed by atoms with Crippen LogP contribution in [0.15, 0.2) is 0 Å². The van der Waals surface area contributed by atoms with E-state index in [9.17, 15) is 14.4 Å². The number of ether oxygens (including phenoxy) is 4. The number of nitrogens with zero attached hydrogens (tertiary/aromatic N) is 2. The summed E-state index contributed by atoms with van der Waals surface area (Å²) in [4.78, 5) is 39.7. The molecule has 0 aromatic heterocycles. The van der Waals surface area contributed by atoms with Gasteiger partial charge in [-0.1, -0.05) is 103 Å². The molecule has 1 N–H and O–H groups in total. The number of amides is 3. The molecule has 1 atom stereocenters. The molecule has 1 aliphatic heterocycles. The number of hydrogen-bond donors (Lipinski definition) is 1. The smallest absolute Gasteiger partial charge is 0.419 e. The summed E-state index contributed by atoms with van der Waals surface area (Å²) in [5.74, 6) is 0. The van der Waals surface area contributed by atoms with Gasteiger partial charge >= 0.3 is 18.3 Å². The molecular formula is C32H61N3O7. The van der Waals surface area contributed by atoms with Crippen LogP contribution in [-0.2, 0) is 18.9 Å². The van der Waals surface area contributed by atoms with E-state index in [1.807, 2.05) is 0 Å². The van der Waals surface area contributed by atoms with E-state index in [0.717, 1.165) is 43.7 Å². The van der Waals surface area contributed by atoms with Gasteiger partial charge in [0.05, 0.1) is 7.11 Å². The highest BCUT2D eigenvalue weighted by Gasteiger charge is 2.26. The lowest BCUT2D eigenvalue weighted by Gasteiger charge is -2.23. The summed E-state index contributed by atoms with van der Waals surface area (Å²) in [6.45, 7) is 5.27. The summed E-state index contributed by atoms with van der Waals surface area (Å²) in [6, 6.07) is 0. The number of methoxy groups -OCH3 is 2. The van der Waals surface area contributed by atoms with Crippen LogP contribution in [0.3, 0.4) is 0 Å². The topological polar surface area (TPSA) is 107 Å². The van der Waals surface area contributed by atoms with Crippen LogP contribution in [0.25, 0.3) is 0 Å². The van der Waals surface area contributed by atoms with Gasteiger partial charge in [0.2, 0.25) is 0 Å². The summed E-state index contributed by atoms with van der Waals surface area (Å²) in [6.07, 6.45) is 20.4. The number of likely N-dealkylation sites (tertiary alicyclic amines) is 1. The number of unbranched alkanes of at least 4 members (excludes halogenated alkanes) is 15. The van der Waals surface area contributed by atoms with E-state index in [1.165, 1.54) is 104 Å². The molecule has 3 amide bonds. The van der Waals surface area contributed by atoms with Crippen molar-refractivity contribution >= 4 is 18.3 Å². The van der Waals surface area contributed by atoms with E-state index in [4.69, 9.17) is 18.9 Å². The molecule has 10 nitrogen and oxygen atoms in total. The number of alkyl carbamates (subject to hydrolysis) is 1. The molecule has 246 valence electrons. The maximum absolute atomic E-state index is 12.5. The van der Waals surface area contributed by atoms with Gasteiger partial charge in [0.15, 0.2) is 0 Å². The molecule has 0 aromatic carbocycles. The van der Waals surface area contributed by atoms with Gasteiger partial charge < -0.3 is 29.2 Å². The minimum atomic E-state index is -0.809. The first-order chi connectivity index (χ1) is 20.5. The SMILES string of the molecule is CCCCCCCCCCCCCCCCCCNC(=O)OCC(COC(=O)N(CCN1CCCC1)C(=O)OC)OC. The highest BCUT2D eigenvalue weighted by molar-refractivity contribution is 5.87. The fourth-order valence-corrected chi connectivity index (χ4v) is 5.12. The zero-order chi connectivity index (χ0) is 30.7. The van der Waals surface area contributed by atoms with E-state index in [2.05, 4.69) is 17.1 Å². The van der Waals surface area contributed by atoms with Crippen molar-refractivity contribution in [2.75, 3.05) is 60.2 Å². The van der Waals surface area contributed by atoms with E-state index in [-0.39, 0.29) is 19.8 Å². The van der Waals surface area contributed by atoms with Crippen molar-refractivity contribution in [1.29, 1.82) is 0 Å². The number of carbonyl (C=O) groups is 3. The Kier molecular flexibility index (Phi) is 24.0. The van der Waals surface area contributed by atoms with E-state index in [0.29, 0.717) is 13.1 Å². The van der Waals surface area contributed by atoms with Gasteiger partial charge in [0.25, 0.3) is 0 Å². The largest absolute Gasteiger partial charge is 0.452 e. The van der Waals surface area contributed by atoms with Crippen molar-refractivity contribution in [3.8, 4) is 0 Å². The first-order valence-electron chi connectivity index (χ1n) is 16.7. The zero-order valence-corrected chi connectivity index (χ0v) is 27.0. The zero-order valence-electron chi connectivity index (χ0n) is 27.0. The van der Waals surface area contributed by atoms with Gasteiger partial charge in [-0.25, -0.2) is 19.3 Å². The molecule has 1 saturated heterocycles. The van der Waals surface area contributed by atoms with Crippen molar-refractivity contribution in [1.82, 2.24) is 15.1 Å². The number of imide groups is 1. The standard InChI is InChI=1S/C32H61N3O7/c1-4-5-6-7-8-9-10-11-12-13-14-15-16-17-18-19-22-33-30(36)41-27-29(39-2)28-42-32(38)35(31(37)40-3)26-25-34-23-20-21-24-34/h29H,4-28H2,1-3H3,(H,33,36). The Bertz CT molecular complexity index is 689. The normalized spacial score (nSPS) is 14.0. The molecule has 0 aromatic rings. The van der Waals surface area contributed by atoms with Crippen LogP contribution in [0.4, 0.5) is 14.4 Å². The molecule has 0 radical (unpaired) electrons. The van der Waals surface area contributed by atoms with Crippen LogP contribution in [0.1, 0.15) is 122 Å². The second kappa shape index (κ2) is 26.5. The second-order valence-corrected chi connectivity index (χ2v) is 11.4. The minimum absolute atomic E-state index is 0.0689. The lowest BCUT2D eigenvalue weighted by Crippen LogP contribution is -2.43. The summed E-state index contributed by atoms with van der Waals surface area (Å²) in [7, 11) is 2.67. The lowest BCUT2D eigenvalue weighted by molar-refractivity contribution is -0.0110. The van der Waals surface area contributed by atoms with Crippen molar-refractivity contribution in [2.24, 2.45) is 0 Å². The van der Waals surface area contributed by atoms with E-state index < -0.39 is 24.4 Å². The summed E-state index contributed by atoms with van der Waals surface area (Å²) in [5, 5.41) is 2.76. The Hall–Kier alpha value is -2.07. The Morgan fingerprint density at radius 2 is 1.21 bits per heavy atom. The predicted molar refractivity (Wildman–Crippen MR) is 166 cm³/mol. The summed E-state index contributed by atoms with van der Waals surface area (Å²) < 4.78 is 20.5. The minimum Gasteiger partial charge on any atom is -0.452 e. The molecule has 0 aliphatic carbocycles. The van der Waals surface area contributed by atoms with Gasteiger partial charge in [0, 0.05) is 26.7 Å². The molecule has 0 bridgehead atoms. The first kappa shape index (κ1) is 38.0. The summed E-state index contributed by atoms with van der Waals surface area (Å²) in [5.41, 5.74) is 0. The van der Waals surface area contributed by atoms with Crippen molar-refractivity contribution in [3.05, 3.63) is 0 Å². The second-order valence-electron chi connectivity index (χ2n) is 11.4. The van der Waals surface area contributed by atoms with Crippen LogP contribution < -0.4 is 5.32 Å². The average molecular weight is 600 g/mol. The quantitative estimate of drug-likeness (QED) is 0.0861. The molecule has 1 heterocycles. The number of hydrogen-bond acceptors (Lipinski definition) is 8. The molecular weight excluding hydrogens is 538 g/mol. The van der Waals surface area contributed by atoms with Gasteiger partial charge in [-0.2, -0.15) is 0 Å². The van der Waals surface area contributed by atoms with Crippen LogP contribution in [-0.4, -0.2) is 94.3 Å². The molecule has 1 fully saturated rings. The lowest BCUT2D eigenvalue weighted by atomic mass is 10.0. The first-order valence-corrected chi connectivity index (χ1v) is 16.7. The Morgan fingerprint density at radius 3 is 1.71 bits per heavy atom. The predicted octanol–water partition coefficient (Wildman–Crippen LogP) is 7.29. The Balaban J connectivity index is 2.02. The number of carbonyl (C=O) groups excluding carboxylic acids is 3. The fourth-order valence-electron chi connectivity index (χ4n) is 5.12. The van der Waals surface area contributed by atoms with Crippen molar-refractivity contribution in [3.63, 3.8) is 0 Å². The maximum Gasteiger partial charge on any atom is 0.419 e. The van der Waals surface area contributed by atoms with Gasteiger partial charge in [-0.05, 0) is 32.4 Å². The molecule has 42 heavy (non-hydrogen) atoms.